The summed E-state index contributed by atoms with van der Waals surface area (Å²) in [5.74, 6) is -0.748. The van der Waals surface area contributed by atoms with Crippen LogP contribution in [0.4, 0.5) is 5.69 Å². The van der Waals surface area contributed by atoms with E-state index in [1.165, 1.54) is 17.0 Å². The van der Waals surface area contributed by atoms with Crippen LogP contribution in [0.3, 0.4) is 0 Å². The first kappa shape index (κ1) is 31.2. The fourth-order valence-corrected chi connectivity index (χ4v) is 6.06. The third kappa shape index (κ3) is 7.86. The van der Waals surface area contributed by atoms with E-state index in [-0.39, 0.29) is 34.1 Å². The summed E-state index contributed by atoms with van der Waals surface area (Å²) in [6.07, 6.45) is 1.63. The van der Waals surface area contributed by atoms with Gasteiger partial charge in [-0.05, 0) is 62.9 Å². The number of benzene rings is 3. The van der Waals surface area contributed by atoms with Crippen molar-refractivity contribution in [2.75, 3.05) is 17.4 Å². The molecule has 2 atom stereocenters. The number of anilines is 1. The lowest BCUT2D eigenvalue weighted by Gasteiger charge is -2.34. The van der Waals surface area contributed by atoms with E-state index in [1.54, 1.807) is 36.4 Å². The lowest BCUT2D eigenvalue weighted by molar-refractivity contribution is -0.139. The zero-order chi connectivity index (χ0) is 29.3. The molecule has 0 aliphatic heterocycles. The topological polar surface area (TPSA) is 86.8 Å². The minimum absolute atomic E-state index is 0.0446. The molecule has 0 aromatic heterocycles. The molecule has 3 aromatic carbocycles. The van der Waals surface area contributed by atoms with Crippen LogP contribution < -0.4 is 9.62 Å². The second kappa shape index (κ2) is 14.3. The monoisotopic (exact) mass is 583 g/mol. The summed E-state index contributed by atoms with van der Waals surface area (Å²) >= 11 is 6.46. The van der Waals surface area contributed by atoms with Crippen LogP contribution in [0, 0.1) is 6.92 Å². The average molecular weight is 584 g/mol. The fourth-order valence-electron chi connectivity index (χ4n) is 4.34. The number of hydrogen-bond donors (Lipinski definition) is 1. The fraction of sp³-hybridized carbons (Fsp3) is 0.355. The van der Waals surface area contributed by atoms with E-state index in [4.69, 9.17) is 11.6 Å². The summed E-state index contributed by atoms with van der Waals surface area (Å²) in [5.41, 5.74) is 2.11. The molecule has 0 unspecified atom stereocenters. The number of para-hydroxylation sites is 1. The molecule has 0 spiro atoms. The summed E-state index contributed by atoms with van der Waals surface area (Å²) < 4.78 is 28.9. The van der Waals surface area contributed by atoms with Crippen molar-refractivity contribution in [1.29, 1.82) is 0 Å². The van der Waals surface area contributed by atoms with Crippen molar-refractivity contribution >= 4 is 39.1 Å². The summed E-state index contributed by atoms with van der Waals surface area (Å²) in [5, 5.41) is 3.18. The minimum atomic E-state index is -4.16. The Labute approximate surface area is 243 Å². The Morgan fingerprint density at radius 2 is 1.52 bits per heavy atom. The van der Waals surface area contributed by atoms with Gasteiger partial charge in [0.25, 0.3) is 10.0 Å². The number of nitrogens with zero attached hydrogens (tertiary/aromatic N) is 2. The van der Waals surface area contributed by atoms with Crippen LogP contribution in [-0.4, -0.2) is 50.3 Å². The van der Waals surface area contributed by atoms with Gasteiger partial charge in [-0.3, -0.25) is 13.9 Å². The molecule has 40 heavy (non-hydrogen) atoms. The first-order chi connectivity index (χ1) is 19.1. The SMILES string of the molecule is CC[C@@H](C)NC(=O)[C@H](CC)N(CCc1ccccc1)C(=O)CN(c1ccccc1Cl)S(=O)(=O)c1ccc(C)cc1. The van der Waals surface area contributed by atoms with Crippen LogP contribution in [0.1, 0.15) is 44.7 Å². The first-order valence-electron chi connectivity index (χ1n) is 13.6. The highest BCUT2D eigenvalue weighted by atomic mass is 35.5. The molecule has 0 saturated carbocycles. The van der Waals surface area contributed by atoms with Crippen molar-refractivity contribution in [3.63, 3.8) is 0 Å². The third-order valence-electron chi connectivity index (χ3n) is 6.88. The van der Waals surface area contributed by atoms with Gasteiger partial charge in [-0.1, -0.05) is 85.6 Å². The normalized spacial score (nSPS) is 12.8. The third-order valence-corrected chi connectivity index (χ3v) is 8.97. The van der Waals surface area contributed by atoms with Crippen molar-refractivity contribution in [2.45, 2.75) is 63.9 Å². The maximum absolute atomic E-state index is 14.0. The zero-order valence-electron chi connectivity index (χ0n) is 23.5. The second-order valence-electron chi connectivity index (χ2n) is 9.84. The molecule has 3 aromatic rings. The highest BCUT2D eigenvalue weighted by Gasteiger charge is 2.34. The molecule has 0 fully saturated rings. The second-order valence-corrected chi connectivity index (χ2v) is 12.1. The molecule has 0 radical (unpaired) electrons. The van der Waals surface area contributed by atoms with Crippen molar-refractivity contribution in [1.82, 2.24) is 10.2 Å². The van der Waals surface area contributed by atoms with Gasteiger partial charge < -0.3 is 10.2 Å². The van der Waals surface area contributed by atoms with Crippen LogP contribution in [-0.2, 0) is 26.0 Å². The van der Waals surface area contributed by atoms with Crippen molar-refractivity contribution < 1.29 is 18.0 Å². The van der Waals surface area contributed by atoms with Crippen molar-refractivity contribution in [3.8, 4) is 0 Å². The molecular formula is C31H38ClN3O4S. The molecule has 3 rings (SSSR count). The van der Waals surface area contributed by atoms with Gasteiger partial charge in [-0.25, -0.2) is 8.42 Å². The number of carbonyl (C=O) groups excluding carboxylic acids is 2. The molecule has 1 N–H and O–H groups in total. The molecule has 0 aliphatic rings. The molecule has 7 nitrogen and oxygen atoms in total. The Bertz CT molecular complexity index is 1380. The number of aryl methyl sites for hydroxylation is 1. The number of nitrogens with one attached hydrogen (secondary N) is 1. The number of rotatable bonds is 13. The number of carbonyl (C=O) groups is 2. The van der Waals surface area contributed by atoms with Crippen LogP contribution in [0.15, 0.2) is 83.8 Å². The molecule has 214 valence electrons. The Kier molecular flexibility index (Phi) is 11.2. The Hall–Kier alpha value is -3.36. The number of amides is 2. The zero-order valence-corrected chi connectivity index (χ0v) is 25.1. The highest BCUT2D eigenvalue weighted by Crippen LogP contribution is 2.30. The van der Waals surface area contributed by atoms with Gasteiger partial charge in [0.15, 0.2) is 0 Å². The molecule has 0 bridgehead atoms. The molecule has 0 saturated heterocycles. The van der Waals surface area contributed by atoms with Crippen LogP contribution >= 0.6 is 11.6 Å². The Morgan fingerprint density at radius 3 is 2.12 bits per heavy atom. The van der Waals surface area contributed by atoms with E-state index in [0.717, 1.165) is 21.9 Å². The van der Waals surface area contributed by atoms with Gasteiger partial charge in [0, 0.05) is 12.6 Å². The van der Waals surface area contributed by atoms with Crippen molar-refractivity contribution in [3.05, 3.63) is 95.0 Å². The average Bonchev–Trinajstić information content (AvgIpc) is 2.94. The predicted molar refractivity (Wildman–Crippen MR) is 161 cm³/mol. The van der Waals surface area contributed by atoms with Gasteiger partial charge in [0.2, 0.25) is 11.8 Å². The lowest BCUT2D eigenvalue weighted by Crippen LogP contribution is -2.54. The maximum Gasteiger partial charge on any atom is 0.264 e. The maximum atomic E-state index is 14.0. The number of sulfonamides is 1. The standard InChI is InChI=1S/C31H38ClN3O4S/c1-5-24(4)33-31(37)28(6-2)34(21-20-25-12-8-7-9-13-25)30(36)22-35(29-15-11-10-14-27(29)32)40(38,39)26-18-16-23(3)17-19-26/h7-19,24,28H,5-6,20-22H2,1-4H3,(H,33,37)/t24-,28+/m1/s1. The molecule has 9 heteroatoms. The quantitative estimate of drug-likeness (QED) is 0.283. The lowest BCUT2D eigenvalue weighted by atomic mass is 10.1. The number of hydrogen-bond acceptors (Lipinski definition) is 4. The first-order valence-corrected chi connectivity index (χ1v) is 15.4. The van der Waals surface area contributed by atoms with Gasteiger partial charge >= 0.3 is 0 Å². The van der Waals surface area contributed by atoms with E-state index >= 15 is 0 Å². The number of halogens is 1. The Morgan fingerprint density at radius 1 is 0.900 bits per heavy atom. The summed E-state index contributed by atoms with van der Waals surface area (Å²) in [4.78, 5) is 28.9. The van der Waals surface area contributed by atoms with Gasteiger partial charge in [-0.15, -0.1) is 0 Å². The van der Waals surface area contributed by atoms with Gasteiger partial charge in [0.1, 0.15) is 12.6 Å². The van der Waals surface area contributed by atoms with E-state index in [1.807, 2.05) is 58.0 Å². The van der Waals surface area contributed by atoms with Crippen LogP contribution in [0.2, 0.25) is 5.02 Å². The van der Waals surface area contributed by atoms with Gasteiger partial charge in [0.05, 0.1) is 15.6 Å². The largest absolute Gasteiger partial charge is 0.352 e. The smallest absolute Gasteiger partial charge is 0.264 e. The minimum Gasteiger partial charge on any atom is -0.352 e. The highest BCUT2D eigenvalue weighted by molar-refractivity contribution is 7.92. The van der Waals surface area contributed by atoms with Crippen molar-refractivity contribution in [2.24, 2.45) is 0 Å². The summed E-state index contributed by atoms with van der Waals surface area (Å²) in [6.45, 7) is 7.33. The summed E-state index contributed by atoms with van der Waals surface area (Å²) in [6, 6.07) is 21.8. The molecule has 0 aliphatic carbocycles. The van der Waals surface area contributed by atoms with E-state index in [0.29, 0.717) is 12.8 Å². The molecule has 2 amide bonds. The molecular weight excluding hydrogens is 546 g/mol. The van der Waals surface area contributed by atoms with Gasteiger partial charge in [-0.2, -0.15) is 0 Å². The van der Waals surface area contributed by atoms with Crippen LogP contribution in [0.25, 0.3) is 0 Å². The van der Waals surface area contributed by atoms with E-state index < -0.39 is 28.5 Å². The Balaban J connectivity index is 2.02. The molecule has 0 heterocycles. The van der Waals surface area contributed by atoms with Crippen LogP contribution in [0.5, 0.6) is 0 Å². The predicted octanol–water partition coefficient (Wildman–Crippen LogP) is 5.61. The van der Waals surface area contributed by atoms with E-state index in [9.17, 15) is 18.0 Å². The summed E-state index contributed by atoms with van der Waals surface area (Å²) in [7, 11) is -4.16. The van der Waals surface area contributed by atoms with E-state index in [2.05, 4.69) is 5.32 Å².